The molecule has 1 heterocycles. The van der Waals surface area contributed by atoms with Crippen LogP contribution in [0.5, 0.6) is 0 Å². The van der Waals surface area contributed by atoms with Gasteiger partial charge in [-0.1, -0.05) is 0 Å². The van der Waals surface area contributed by atoms with E-state index >= 15 is 0 Å². The van der Waals surface area contributed by atoms with Crippen LogP contribution in [0.2, 0.25) is 0 Å². The van der Waals surface area contributed by atoms with Crippen LogP contribution in [-0.4, -0.2) is 42.8 Å². The van der Waals surface area contributed by atoms with Crippen molar-refractivity contribution in [2.45, 2.75) is 58.2 Å². The predicted molar refractivity (Wildman–Crippen MR) is 68.5 cm³/mol. The molecule has 0 bridgehead atoms. The summed E-state index contributed by atoms with van der Waals surface area (Å²) in [5.41, 5.74) is 5.73. The van der Waals surface area contributed by atoms with Gasteiger partial charge in [0.1, 0.15) is 0 Å². The molecule has 16 heavy (non-hydrogen) atoms. The summed E-state index contributed by atoms with van der Waals surface area (Å²) >= 11 is 0. The van der Waals surface area contributed by atoms with Gasteiger partial charge in [0.15, 0.2) is 0 Å². The van der Waals surface area contributed by atoms with Crippen LogP contribution in [0.4, 0.5) is 0 Å². The molecule has 0 amide bonds. The first-order chi connectivity index (χ1) is 7.39. The Hall–Kier alpha value is -0.120. The molecule has 0 saturated carbocycles. The van der Waals surface area contributed by atoms with E-state index in [9.17, 15) is 0 Å². The summed E-state index contributed by atoms with van der Waals surface area (Å²) in [6.07, 6.45) is 2.32. The minimum absolute atomic E-state index is 0.0278. The SMILES string of the molecule is COC(C)(C)CC(C)N1CC(CN)CC1C. The second-order valence-corrected chi connectivity index (χ2v) is 5.90. The highest BCUT2D eigenvalue weighted by Crippen LogP contribution is 2.28. The number of likely N-dealkylation sites (tertiary alicyclic amines) is 1. The van der Waals surface area contributed by atoms with Gasteiger partial charge in [-0.15, -0.1) is 0 Å². The van der Waals surface area contributed by atoms with Gasteiger partial charge in [-0.05, 0) is 53.0 Å². The van der Waals surface area contributed by atoms with Gasteiger partial charge in [-0.3, -0.25) is 4.90 Å². The lowest BCUT2D eigenvalue weighted by Crippen LogP contribution is -2.41. The van der Waals surface area contributed by atoms with E-state index in [-0.39, 0.29) is 5.60 Å². The van der Waals surface area contributed by atoms with Gasteiger partial charge < -0.3 is 10.5 Å². The van der Waals surface area contributed by atoms with Crippen LogP contribution in [-0.2, 0) is 4.74 Å². The molecule has 96 valence electrons. The maximum absolute atomic E-state index is 5.76. The Balaban J connectivity index is 2.51. The Labute approximate surface area is 100 Å². The van der Waals surface area contributed by atoms with Gasteiger partial charge in [-0.25, -0.2) is 0 Å². The fourth-order valence-electron chi connectivity index (χ4n) is 2.87. The zero-order chi connectivity index (χ0) is 12.3. The Morgan fingerprint density at radius 1 is 1.50 bits per heavy atom. The van der Waals surface area contributed by atoms with Crippen LogP contribution in [0, 0.1) is 5.92 Å². The van der Waals surface area contributed by atoms with E-state index in [1.165, 1.54) is 6.42 Å². The third-order valence-corrected chi connectivity index (χ3v) is 3.95. The number of hydrogen-bond donors (Lipinski definition) is 1. The van der Waals surface area contributed by atoms with Crippen LogP contribution in [0.15, 0.2) is 0 Å². The number of methoxy groups -OCH3 is 1. The summed E-state index contributed by atoms with van der Waals surface area (Å²) in [5, 5.41) is 0. The minimum atomic E-state index is -0.0278. The van der Waals surface area contributed by atoms with E-state index in [1.54, 1.807) is 7.11 Å². The van der Waals surface area contributed by atoms with E-state index in [0.717, 1.165) is 19.5 Å². The maximum atomic E-state index is 5.76. The zero-order valence-corrected chi connectivity index (χ0v) is 11.5. The Morgan fingerprint density at radius 3 is 2.56 bits per heavy atom. The third kappa shape index (κ3) is 3.44. The fourth-order valence-corrected chi connectivity index (χ4v) is 2.87. The van der Waals surface area contributed by atoms with Crippen LogP contribution in [0.3, 0.4) is 0 Å². The minimum Gasteiger partial charge on any atom is -0.379 e. The molecule has 0 aromatic carbocycles. The van der Waals surface area contributed by atoms with Crippen LogP contribution >= 0.6 is 0 Å². The highest BCUT2D eigenvalue weighted by Gasteiger charge is 2.33. The molecule has 3 unspecified atom stereocenters. The number of hydrogen-bond acceptors (Lipinski definition) is 3. The standard InChI is InChI=1S/C13H28N2O/c1-10-6-12(8-14)9-15(10)11(2)7-13(3,4)16-5/h10-12H,6-9,14H2,1-5H3. The molecule has 3 nitrogen and oxygen atoms in total. The van der Waals surface area contributed by atoms with E-state index < -0.39 is 0 Å². The molecule has 0 spiro atoms. The van der Waals surface area contributed by atoms with Crippen molar-refractivity contribution in [3.63, 3.8) is 0 Å². The van der Waals surface area contributed by atoms with Crippen molar-refractivity contribution < 1.29 is 4.74 Å². The molecule has 1 fully saturated rings. The highest BCUT2D eigenvalue weighted by molar-refractivity contribution is 4.88. The fraction of sp³-hybridized carbons (Fsp3) is 1.00. The third-order valence-electron chi connectivity index (χ3n) is 3.95. The van der Waals surface area contributed by atoms with Crippen molar-refractivity contribution in [3.8, 4) is 0 Å². The summed E-state index contributed by atoms with van der Waals surface area (Å²) in [6, 6.07) is 1.23. The summed E-state index contributed by atoms with van der Waals surface area (Å²) in [6.45, 7) is 10.9. The average Bonchev–Trinajstić information content (AvgIpc) is 2.59. The van der Waals surface area contributed by atoms with Gasteiger partial charge in [0.2, 0.25) is 0 Å². The van der Waals surface area contributed by atoms with Crippen molar-refractivity contribution >= 4 is 0 Å². The molecule has 1 saturated heterocycles. The molecule has 1 aliphatic heterocycles. The van der Waals surface area contributed by atoms with E-state index in [1.807, 2.05) is 0 Å². The maximum Gasteiger partial charge on any atom is 0.0637 e. The predicted octanol–water partition coefficient (Wildman–Crippen LogP) is 1.86. The Kier molecular flexibility index (Phi) is 4.77. The van der Waals surface area contributed by atoms with Gasteiger partial charge in [-0.2, -0.15) is 0 Å². The molecule has 2 N–H and O–H groups in total. The Bertz CT molecular complexity index is 218. The van der Waals surface area contributed by atoms with Crippen LogP contribution in [0.25, 0.3) is 0 Å². The molecule has 0 aromatic heterocycles. The molecule has 3 atom stereocenters. The lowest BCUT2D eigenvalue weighted by molar-refractivity contribution is -0.00730. The molecule has 0 radical (unpaired) electrons. The van der Waals surface area contributed by atoms with Crippen molar-refractivity contribution in [3.05, 3.63) is 0 Å². The van der Waals surface area contributed by atoms with Crippen molar-refractivity contribution in [1.29, 1.82) is 0 Å². The summed E-state index contributed by atoms with van der Waals surface area (Å²) < 4.78 is 5.50. The van der Waals surface area contributed by atoms with E-state index in [0.29, 0.717) is 18.0 Å². The lowest BCUT2D eigenvalue weighted by Gasteiger charge is -2.34. The topological polar surface area (TPSA) is 38.5 Å². The number of ether oxygens (including phenoxy) is 1. The molecule has 1 rings (SSSR count). The highest BCUT2D eigenvalue weighted by atomic mass is 16.5. The van der Waals surface area contributed by atoms with Crippen LogP contribution in [0.1, 0.15) is 40.5 Å². The smallest absolute Gasteiger partial charge is 0.0637 e. The molecule has 0 aliphatic carbocycles. The lowest BCUT2D eigenvalue weighted by atomic mass is 9.98. The largest absolute Gasteiger partial charge is 0.379 e. The first-order valence-electron chi connectivity index (χ1n) is 6.40. The van der Waals surface area contributed by atoms with Gasteiger partial charge in [0, 0.05) is 25.7 Å². The molecular formula is C13H28N2O. The average molecular weight is 228 g/mol. The summed E-state index contributed by atoms with van der Waals surface area (Å²) in [4.78, 5) is 2.58. The van der Waals surface area contributed by atoms with Crippen molar-refractivity contribution in [1.82, 2.24) is 4.90 Å². The Morgan fingerprint density at radius 2 is 2.12 bits per heavy atom. The van der Waals surface area contributed by atoms with Crippen molar-refractivity contribution in [2.75, 3.05) is 20.2 Å². The van der Waals surface area contributed by atoms with Crippen molar-refractivity contribution in [2.24, 2.45) is 11.7 Å². The quantitative estimate of drug-likeness (QED) is 0.780. The van der Waals surface area contributed by atoms with Gasteiger partial charge in [0.05, 0.1) is 5.60 Å². The molecule has 3 heteroatoms. The first-order valence-corrected chi connectivity index (χ1v) is 6.40. The first kappa shape index (κ1) is 13.9. The van der Waals surface area contributed by atoms with E-state index in [4.69, 9.17) is 10.5 Å². The summed E-state index contributed by atoms with van der Waals surface area (Å²) in [7, 11) is 1.79. The summed E-state index contributed by atoms with van der Waals surface area (Å²) in [5.74, 6) is 0.683. The normalized spacial score (nSPS) is 29.6. The zero-order valence-electron chi connectivity index (χ0n) is 11.5. The van der Waals surface area contributed by atoms with Gasteiger partial charge in [0.25, 0.3) is 0 Å². The number of nitrogens with zero attached hydrogens (tertiary/aromatic N) is 1. The molecular weight excluding hydrogens is 200 g/mol. The second-order valence-electron chi connectivity index (χ2n) is 5.90. The van der Waals surface area contributed by atoms with Gasteiger partial charge >= 0.3 is 0 Å². The van der Waals surface area contributed by atoms with E-state index in [2.05, 4.69) is 32.6 Å². The molecule has 0 aromatic rings. The van der Waals surface area contributed by atoms with Crippen LogP contribution < -0.4 is 5.73 Å². The number of nitrogens with two attached hydrogens (primary N) is 1. The second kappa shape index (κ2) is 5.48. The monoisotopic (exact) mass is 228 g/mol. The number of rotatable bonds is 5. The molecule has 1 aliphatic rings.